The third-order valence-electron chi connectivity index (χ3n) is 7.82. The van der Waals surface area contributed by atoms with Crippen LogP contribution in [0.4, 0.5) is 10.5 Å². The van der Waals surface area contributed by atoms with Crippen LogP contribution >= 0.6 is 23.2 Å². The molecule has 0 saturated carbocycles. The molecule has 0 spiro atoms. The maximum absolute atomic E-state index is 12.9. The quantitative estimate of drug-likeness (QED) is 0.246. The summed E-state index contributed by atoms with van der Waals surface area (Å²) >= 11 is 12.8. The molecule has 3 N–H and O–H groups in total. The third kappa shape index (κ3) is 5.29. The third-order valence-corrected chi connectivity index (χ3v) is 8.73. The van der Waals surface area contributed by atoms with Crippen molar-refractivity contribution in [3.05, 3.63) is 92.9 Å². The first-order chi connectivity index (χ1) is 18.5. The summed E-state index contributed by atoms with van der Waals surface area (Å²) in [6, 6.07) is 19.9. The standard InChI is InChI=1S/C30H31BCl2N2O4/c1-29(2)30(3,4)39-31(38-29)19(15-18-13-14-25(34)27(33)26(18)32)16-35-28(36)37-17-24-22-11-7-5-9-20(22)21-10-6-8-12-23(21)24/h5-15,24H,16-17,34H2,1-4H3,(H,35,36). The van der Waals surface area contributed by atoms with Gasteiger partial charge < -0.3 is 25.1 Å². The Balaban J connectivity index is 1.33. The number of alkyl carbamates (subject to hydrolysis) is 1. The molecule has 0 bridgehead atoms. The number of nitrogen functional groups attached to an aromatic ring is 1. The number of benzene rings is 3. The predicted octanol–water partition coefficient (Wildman–Crippen LogP) is 7.13. The number of carbonyl (C=O) groups is 1. The van der Waals surface area contributed by atoms with Crippen molar-refractivity contribution in [2.24, 2.45) is 0 Å². The summed E-state index contributed by atoms with van der Waals surface area (Å²) < 4.78 is 18.2. The number of halogens is 2. The van der Waals surface area contributed by atoms with Crippen molar-refractivity contribution in [1.82, 2.24) is 5.32 Å². The molecule has 0 atom stereocenters. The first-order valence-corrected chi connectivity index (χ1v) is 13.6. The zero-order valence-electron chi connectivity index (χ0n) is 22.4. The van der Waals surface area contributed by atoms with Crippen LogP contribution < -0.4 is 11.1 Å². The van der Waals surface area contributed by atoms with E-state index >= 15 is 0 Å². The molecule has 0 radical (unpaired) electrons. The minimum absolute atomic E-state index is 0.0306. The molecule has 1 fully saturated rings. The average Bonchev–Trinajstić information content (AvgIpc) is 3.34. The van der Waals surface area contributed by atoms with Crippen molar-refractivity contribution in [2.45, 2.75) is 44.8 Å². The predicted molar refractivity (Wildman–Crippen MR) is 158 cm³/mol. The summed E-state index contributed by atoms with van der Waals surface area (Å²) in [5.74, 6) is -0.0306. The Bertz CT molecular complexity index is 1400. The molecule has 3 aromatic carbocycles. The molecule has 1 aliphatic carbocycles. The van der Waals surface area contributed by atoms with Gasteiger partial charge in [0.2, 0.25) is 0 Å². The number of nitrogens with one attached hydrogen (secondary N) is 1. The van der Waals surface area contributed by atoms with Crippen LogP contribution in [0, 0.1) is 0 Å². The van der Waals surface area contributed by atoms with Crippen molar-refractivity contribution >= 4 is 48.2 Å². The Morgan fingerprint density at radius 2 is 1.51 bits per heavy atom. The van der Waals surface area contributed by atoms with Gasteiger partial charge in [0.25, 0.3) is 0 Å². The largest absolute Gasteiger partial charge is 0.492 e. The summed E-state index contributed by atoms with van der Waals surface area (Å²) in [7, 11) is -0.712. The van der Waals surface area contributed by atoms with E-state index in [1.807, 2.05) is 52.0 Å². The maximum atomic E-state index is 12.9. The molecule has 5 rings (SSSR count). The SMILES string of the molecule is CC1(C)OB(C(=Cc2ccc(N)c(Cl)c2Cl)CNC(=O)OCC2c3ccccc3-c3ccccc32)OC1(C)C. The molecule has 0 unspecified atom stereocenters. The number of hydrogen-bond donors (Lipinski definition) is 2. The highest BCUT2D eigenvalue weighted by Crippen LogP contribution is 2.44. The van der Waals surface area contributed by atoms with E-state index < -0.39 is 24.4 Å². The van der Waals surface area contributed by atoms with Crippen molar-refractivity contribution in [1.29, 1.82) is 0 Å². The minimum atomic E-state index is -0.712. The Morgan fingerprint density at radius 3 is 2.10 bits per heavy atom. The van der Waals surface area contributed by atoms with E-state index in [1.165, 1.54) is 11.1 Å². The van der Waals surface area contributed by atoms with Crippen LogP contribution in [0.5, 0.6) is 0 Å². The molecule has 1 heterocycles. The lowest BCUT2D eigenvalue weighted by molar-refractivity contribution is 0.00578. The second-order valence-corrected chi connectivity index (χ2v) is 11.6. The number of amides is 1. The Morgan fingerprint density at radius 1 is 0.949 bits per heavy atom. The number of fused-ring (bicyclic) bond motifs is 3. The fourth-order valence-electron chi connectivity index (χ4n) is 4.91. The van der Waals surface area contributed by atoms with Gasteiger partial charge in [0.15, 0.2) is 0 Å². The van der Waals surface area contributed by atoms with Gasteiger partial charge in [-0.3, -0.25) is 0 Å². The molecule has 1 saturated heterocycles. The fourth-order valence-corrected chi connectivity index (χ4v) is 5.31. The fraction of sp³-hybridized carbons (Fsp3) is 0.300. The average molecular weight is 565 g/mol. The van der Waals surface area contributed by atoms with E-state index in [1.54, 1.807) is 18.2 Å². The molecule has 1 amide bonds. The molecule has 39 heavy (non-hydrogen) atoms. The molecule has 2 aliphatic rings. The lowest BCUT2D eigenvalue weighted by Crippen LogP contribution is -2.41. The maximum Gasteiger partial charge on any atom is 0.492 e. The zero-order valence-corrected chi connectivity index (χ0v) is 23.9. The molecule has 6 nitrogen and oxygen atoms in total. The van der Waals surface area contributed by atoms with E-state index in [4.69, 9.17) is 43.0 Å². The van der Waals surface area contributed by atoms with Gasteiger partial charge in [-0.1, -0.05) is 83.9 Å². The van der Waals surface area contributed by atoms with E-state index in [0.717, 1.165) is 11.1 Å². The summed E-state index contributed by atoms with van der Waals surface area (Å²) in [4.78, 5) is 12.9. The van der Waals surface area contributed by atoms with E-state index in [0.29, 0.717) is 21.7 Å². The highest BCUT2D eigenvalue weighted by molar-refractivity contribution is 6.56. The van der Waals surface area contributed by atoms with Gasteiger partial charge in [0, 0.05) is 12.5 Å². The Labute approximate surface area is 239 Å². The number of rotatable bonds is 6. The lowest BCUT2D eigenvalue weighted by atomic mass is 9.77. The van der Waals surface area contributed by atoms with Crippen LogP contribution in [0.15, 0.2) is 66.1 Å². The van der Waals surface area contributed by atoms with Gasteiger partial charge >= 0.3 is 13.2 Å². The zero-order chi connectivity index (χ0) is 27.9. The number of anilines is 1. The van der Waals surface area contributed by atoms with E-state index in [-0.39, 0.29) is 24.1 Å². The minimum Gasteiger partial charge on any atom is -0.449 e. The highest BCUT2D eigenvalue weighted by atomic mass is 35.5. The Kier molecular flexibility index (Phi) is 7.46. The van der Waals surface area contributed by atoms with Gasteiger partial charge in [0.1, 0.15) is 6.61 Å². The molecule has 3 aromatic rings. The number of hydrogen-bond acceptors (Lipinski definition) is 5. The number of nitrogens with two attached hydrogens (primary N) is 1. The van der Waals surface area contributed by atoms with Crippen LogP contribution in [0.25, 0.3) is 17.2 Å². The topological polar surface area (TPSA) is 82.8 Å². The van der Waals surface area contributed by atoms with Crippen molar-refractivity contribution < 1.29 is 18.8 Å². The van der Waals surface area contributed by atoms with Crippen LogP contribution in [0.1, 0.15) is 50.3 Å². The summed E-state index contributed by atoms with van der Waals surface area (Å²) in [5.41, 5.74) is 11.1. The summed E-state index contributed by atoms with van der Waals surface area (Å²) in [6.07, 6.45) is 1.26. The monoisotopic (exact) mass is 564 g/mol. The Hall–Kier alpha value is -2.97. The molecule has 0 aromatic heterocycles. The molecular weight excluding hydrogens is 534 g/mol. The molecular formula is C30H31BCl2N2O4. The smallest absolute Gasteiger partial charge is 0.449 e. The molecule has 1 aliphatic heterocycles. The van der Waals surface area contributed by atoms with Crippen LogP contribution in [0.2, 0.25) is 10.0 Å². The van der Waals surface area contributed by atoms with Gasteiger partial charge in [0.05, 0.1) is 26.9 Å². The van der Waals surface area contributed by atoms with E-state index in [2.05, 4.69) is 29.6 Å². The first-order valence-electron chi connectivity index (χ1n) is 12.9. The van der Waals surface area contributed by atoms with Crippen molar-refractivity contribution in [2.75, 3.05) is 18.9 Å². The normalized spacial score (nSPS) is 17.6. The molecule has 202 valence electrons. The second kappa shape index (κ2) is 10.5. The summed E-state index contributed by atoms with van der Waals surface area (Å²) in [5, 5.41) is 3.44. The van der Waals surface area contributed by atoms with Gasteiger partial charge in [-0.15, -0.1) is 0 Å². The highest BCUT2D eigenvalue weighted by Gasteiger charge is 2.52. The summed E-state index contributed by atoms with van der Waals surface area (Å²) in [6.45, 7) is 8.21. The molecule has 9 heteroatoms. The van der Waals surface area contributed by atoms with E-state index in [9.17, 15) is 4.79 Å². The van der Waals surface area contributed by atoms with Gasteiger partial charge in [-0.2, -0.15) is 0 Å². The first kappa shape index (κ1) is 27.6. The van der Waals surface area contributed by atoms with Crippen molar-refractivity contribution in [3.8, 4) is 11.1 Å². The van der Waals surface area contributed by atoms with Gasteiger partial charge in [-0.25, -0.2) is 4.79 Å². The second-order valence-electron chi connectivity index (χ2n) is 10.9. The lowest BCUT2D eigenvalue weighted by Gasteiger charge is -2.32. The van der Waals surface area contributed by atoms with Crippen LogP contribution in [0.3, 0.4) is 0 Å². The van der Waals surface area contributed by atoms with Crippen LogP contribution in [-0.2, 0) is 14.0 Å². The number of ether oxygens (including phenoxy) is 1. The van der Waals surface area contributed by atoms with Crippen molar-refractivity contribution in [3.63, 3.8) is 0 Å². The number of carbonyl (C=O) groups excluding carboxylic acids is 1. The van der Waals surface area contributed by atoms with Crippen LogP contribution in [-0.4, -0.2) is 37.6 Å². The van der Waals surface area contributed by atoms with Gasteiger partial charge in [-0.05, 0) is 67.1 Å².